The fraction of sp³-hybridized carbons (Fsp3) is 0.375. The number of rotatable bonds is 2. The lowest BCUT2D eigenvalue weighted by Crippen LogP contribution is -2.37. The van der Waals surface area contributed by atoms with Crippen LogP contribution in [0.3, 0.4) is 0 Å². The second kappa shape index (κ2) is 5.88. The Hall–Kier alpha value is -2.48. The predicted molar refractivity (Wildman–Crippen MR) is 78.3 cm³/mol. The van der Waals surface area contributed by atoms with E-state index in [1.807, 2.05) is 24.3 Å². The third-order valence-electron chi connectivity index (χ3n) is 3.85. The molecule has 0 atom stereocenters. The fourth-order valence-corrected chi connectivity index (χ4v) is 2.74. The molecule has 1 saturated carbocycles. The number of benzene rings is 1. The summed E-state index contributed by atoms with van der Waals surface area (Å²) in [6, 6.07) is 9.46. The van der Waals surface area contributed by atoms with Gasteiger partial charge in [0.25, 0.3) is 5.91 Å². The first kappa shape index (κ1) is 13.5. The van der Waals surface area contributed by atoms with Gasteiger partial charge in [-0.25, -0.2) is 0 Å². The molecule has 5 nitrogen and oxygen atoms in total. The molecule has 1 aromatic rings. The molecule has 1 amide bonds. The standard InChI is InChI=1S/C16H17N3O2/c17-10-12(15(20)18-11-6-2-1-3-7-11)16-19-13-8-4-5-9-14(13)21-16/h4-5,8-9,11,19H,1-3,6-7H2,(H,18,20). The van der Waals surface area contributed by atoms with E-state index in [1.165, 1.54) is 6.42 Å². The van der Waals surface area contributed by atoms with Gasteiger partial charge in [0, 0.05) is 6.04 Å². The molecule has 0 unspecified atom stereocenters. The van der Waals surface area contributed by atoms with Crippen LogP contribution in [0.1, 0.15) is 32.1 Å². The average molecular weight is 283 g/mol. The van der Waals surface area contributed by atoms with E-state index in [0.717, 1.165) is 31.4 Å². The summed E-state index contributed by atoms with van der Waals surface area (Å²) in [5, 5.41) is 15.2. The van der Waals surface area contributed by atoms with Crippen molar-refractivity contribution in [3.63, 3.8) is 0 Å². The number of nitriles is 1. The number of ether oxygens (including phenoxy) is 1. The molecule has 1 heterocycles. The van der Waals surface area contributed by atoms with Crippen LogP contribution in [0.25, 0.3) is 0 Å². The lowest BCUT2D eigenvalue weighted by atomic mass is 9.95. The first-order valence-electron chi connectivity index (χ1n) is 7.27. The Morgan fingerprint density at radius 1 is 1.29 bits per heavy atom. The second-order valence-electron chi connectivity index (χ2n) is 5.35. The van der Waals surface area contributed by atoms with E-state index in [9.17, 15) is 10.1 Å². The Morgan fingerprint density at radius 3 is 2.76 bits per heavy atom. The lowest BCUT2D eigenvalue weighted by Gasteiger charge is -2.22. The molecule has 2 aliphatic rings. The van der Waals surface area contributed by atoms with Crippen LogP contribution in [0, 0.1) is 11.3 Å². The number of hydrogen-bond donors (Lipinski definition) is 2. The Morgan fingerprint density at radius 2 is 2.05 bits per heavy atom. The van der Waals surface area contributed by atoms with Crippen molar-refractivity contribution < 1.29 is 9.53 Å². The van der Waals surface area contributed by atoms with Crippen molar-refractivity contribution in [2.24, 2.45) is 0 Å². The maximum absolute atomic E-state index is 12.3. The molecule has 21 heavy (non-hydrogen) atoms. The van der Waals surface area contributed by atoms with Gasteiger partial charge < -0.3 is 15.4 Å². The van der Waals surface area contributed by atoms with Crippen LogP contribution in [-0.4, -0.2) is 11.9 Å². The van der Waals surface area contributed by atoms with Gasteiger partial charge in [-0.1, -0.05) is 31.4 Å². The topological polar surface area (TPSA) is 74.2 Å². The van der Waals surface area contributed by atoms with Gasteiger partial charge in [-0.2, -0.15) is 5.26 Å². The van der Waals surface area contributed by atoms with Gasteiger partial charge in [0.05, 0.1) is 5.69 Å². The summed E-state index contributed by atoms with van der Waals surface area (Å²) in [5.74, 6) is 0.484. The SMILES string of the molecule is N#CC(C(=O)NC1CCCCC1)=C1Nc2ccccc2O1. The van der Waals surface area contributed by atoms with Crippen molar-refractivity contribution in [3.8, 4) is 11.8 Å². The quantitative estimate of drug-likeness (QED) is 0.646. The highest BCUT2D eigenvalue weighted by molar-refractivity contribution is 5.98. The van der Waals surface area contributed by atoms with Crippen LogP contribution in [-0.2, 0) is 4.79 Å². The van der Waals surface area contributed by atoms with Gasteiger partial charge >= 0.3 is 0 Å². The van der Waals surface area contributed by atoms with Crippen molar-refractivity contribution in [3.05, 3.63) is 35.7 Å². The molecule has 0 radical (unpaired) electrons. The highest BCUT2D eigenvalue weighted by atomic mass is 16.5. The van der Waals surface area contributed by atoms with Gasteiger partial charge in [-0.3, -0.25) is 4.79 Å². The van der Waals surface area contributed by atoms with E-state index in [4.69, 9.17) is 4.74 Å². The van der Waals surface area contributed by atoms with Crippen molar-refractivity contribution in [1.29, 1.82) is 5.26 Å². The molecule has 108 valence electrons. The van der Waals surface area contributed by atoms with Crippen LogP contribution >= 0.6 is 0 Å². The molecule has 1 aliphatic heterocycles. The Kier molecular flexibility index (Phi) is 3.78. The van der Waals surface area contributed by atoms with Crippen molar-refractivity contribution in [1.82, 2.24) is 5.32 Å². The maximum atomic E-state index is 12.3. The van der Waals surface area contributed by atoms with E-state index in [-0.39, 0.29) is 23.4 Å². The Labute approximate surface area is 123 Å². The smallest absolute Gasteiger partial charge is 0.267 e. The zero-order valence-corrected chi connectivity index (χ0v) is 11.7. The summed E-state index contributed by atoms with van der Waals surface area (Å²) in [6.45, 7) is 0. The average Bonchev–Trinajstić information content (AvgIpc) is 2.92. The van der Waals surface area contributed by atoms with Gasteiger partial charge in [-0.05, 0) is 25.0 Å². The van der Waals surface area contributed by atoms with Crippen molar-refractivity contribution >= 4 is 11.6 Å². The molecule has 3 rings (SSSR count). The van der Waals surface area contributed by atoms with Crippen molar-refractivity contribution in [2.45, 2.75) is 38.1 Å². The Bertz CT molecular complexity index is 598. The molecule has 0 aromatic heterocycles. The third kappa shape index (κ3) is 2.84. The van der Waals surface area contributed by atoms with Gasteiger partial charge in [0.1, 0.15) is 6.07 Å². The summed E-state index contributed by atoms with van der Waals surface area (Å²) in [6.07, 6.45) is 5.44. The molecular weight excluding hydrogens is 266 g/mol. The third-order valence-corrected chi connectivity index (χ3v) is 3.85. The lowest BCUT2D eigenvalue weighted by molar-refractivity contribution is -0.118. The first-order valence-corrected chi connectivity index (χ1v) is 7.27. The van der Waals surface area contributed by atoms with Crippen LogP contribution in [0.15, 0.2) is 35.7 Å². The summed E-state index contributed by atoms with van der Waals surface area (Å²) < 4.78 is 5.56. The zero-order chi connectivity index (χ0) is 14.7. The highest BCUT2D eigenvalue weighted by Crippen LogP contribution is 2.33. The number of anilines is 1. The summed E-state index contributed by atoms with van der Waals surface area (Å²) >= 11 is 0. The minimum Gasteiger partial charge on any atom is -0.437 e. The largest absolute Gasteiger partial charge is 0.437 e. The summed E-state index contributed by atoms with van der Waals surface area (Å²) in [4.78, 5) is 12.3. The molecule has 1 aliphatic carbocycles. The summed E-state index contributed by atoms with van der Waals surface area (Å²) in [7, 11) is 0. The predicted octanol–water partition coefficient (Wildman–Crippen LogP) is 2.67. The molecule has 1 aromatic carbocycles. The normalized spacial score (nSPS) is 19.8. The number of nitrogens with zero attached hydrogens (tertiary/aromatic N) is 1. The van der Waals surface area contributed by atoms with E-state index in [0.29, 0.717) is 5.75 Å². The minimum atomic E-state index is -0.361. The molecule has 5 heteroatoms. The number of nitrogens with one attached hydrogen (secondary N) is 2. The Balaban J connectivity index is 1.75. The minimum absolute atomic E-state index is 0.00299. The number of hydrogen-bond acceptors (Lipinski definition) is 4. The highest BCUT2D eigenvalue weighted by Gasteiger charge is 2.26. The monoisotopic (exact) mass is 283 g/mol. The maximum Gasteiger partial charge on any atom is 0.267 e. The van der Waals surface area contributed by atoms with Gasteiger partial charge in [-0.15, -0.1) is 0 Å². The number of para-hydroxylation sites is 2. The first-order chi connectivity index (χ1) is 10.3. The molecule has 0 saturated heterocycles. The van der Waals surface area contributed by atoms with Crippen LogP contribution < -0.4 is 15.4 Å². The van der Waals surface area contributed by atoms with Gasteiger partial charge in [0.2, 0.25) is 5.88 Å². The molecule has 0 spiro atoms. The number of fused-ring (bicyclic) bond motifs is 1. The molecule has 2 N–H and O–H groups in total. The summed E-state index contributed by atoms with van der Waals surface area (Å²) in [5.41, 5.74) is 0.766. The van der Waals surface area contributed by atoms with E-state index < -0.39 is 0 Å². The van der Waals surface area contributed by atoms with E-state index >= 15 is 0 Å². The second-order valence-corrected chi connectivity index (χ2v) is 5.35. The molecule has 1 fully saturated rings. The van der Waals surface area contributed by atoms with Crippen LogP contribution in [0.4, 0.5) is 5.69 Å². The van der Waals surface area contributed by atoms with Gasteiger partial charge in [0.15, 0.2) is 11.3 Å². The number of carbonyl (C=O) groups is 1. The van der Waals surface area contributed by atoms with Crippen molar-refractivity contribution in [2.75, 3.05) is 5.32 Å². The molecule has 0 bridgehead atoms. The number of amides is 1. The van der Waals surface area contributed by atoms with Crippen LogP contribution in [0.5, 0.6) is 5.75 Å². The van der Waals surface area contributed by atoms with E-state index in [2.05, 4.69) is 10.6 Å². The van der Waals surface area contributed by atoms with E-state index in [1.54, 1.807) is 6.07 Å². The molecular formula is C16H17N3O2. The zero-order valence-electron chi connectivity index (χ0n) is 11.7. The van der Waals surface area contributed by atoms with Crippen LogP contribution in [0.2, 0.25) is 0 Å². The number of carbonyl (C=O) groups excluding carboxylic acids is 1. The fourth-order valence-electron chi connectivity index (χ4n) is 2.74.